The summed E-state index contributed by atoms with van der Waals surface area (Å²) in [5, 5.41) is 6.41. The highest BCUT2D eigenvalue weighted by Gasteiger charge is 2.28. The van der Waals surface area contributed by atoms with Crippen molar-refractivity contribution < 1.29 is 22.6 Å². The van der Waals surface area contributed by atoms with Crippen molar-refractivity contribution in [1.82, 2.24) is 10.6 Å². The van der Waals surface area contributed by atoms with Gasteiger partial charge in [0.25, 0.3) is 0 Å². The molecule has 164 valence electrons. The number of rotatable bonds is 8. The number of aliphatic imine (C=N–C) groups is 1. The summed E-state index contributed by atoms with van der Waals surface area (Å²) in [6.45, 7) is 5.51. The number of hydrogen-bond donors (Lipinski definition) is 2. The predicted octanol–water partition coefficient (Wildman–Crippen LogP) is 4.35. The van der Waals surface area contributed by atoms with Crippen LogP contribution in [0, 0.1) is 6.92 Å². The van der Waals surface area contributed by atoms with E-state index in [1.807, 2.05) is 19.9 Å². The van der Waals surface area contributed by atoms with Crippen LogP contribution in [0.2, 0.25) is 0 Å². The first-order valence-corrected chi connectivity index (χ1v) is 9.44. The minimum absolute atomic E-state index is 0. The maximum atomic E-state index is 12.5. The van der Waals surface area contributed by atoms with Gasteiger partial charge in [-0.1, -0.05) is 23.8 Å². The number of halogens is 4. The zero-order valence-electron chi connectivity index (χ0n) is 16.8. The molecule has 0 saturated carbocycles. The topological polar surface area (TPSA) is 54.9 Å². The van der Waals surface area contributed by atoms with Crippen molar-refractivity contribution in [2.45, 2.75) is 39.4 Å². The Morgan fingerprint density at radius 2 is 2.07 bits per heavy atom. The van der Waals surface area contributed by atoms with Crippen molar-refractivity contribution in [3.05, 3.63) is 41.0 Å². The summed E-state index contributed by atoms with van der Waals surface area (Å²) < 4.78 is 47.8. The van der Waals surface area contributed by atoms with Gasteiger partial charge in [0.05, 0.1) is 19.8 Å². The van der Waals surface area contributed by atoms with E-state index in [1.165, 1.54) is 5.57 Å². The molecule has 29 heavy (non-hydrogen) atoms. The molecular formula is C20H29F3IN3O2. The second-order valence-electron chi connectivity index (χ2n) is 6.57. The second kappa shape index (κ2) is 12.9. The van der Waals surface area contributed by atoms with Crippen LogP contribution in [-0.4, -0.2) is 45.0 Å². The van der Waals surface area contributed by atoms with E-state index in [-0.39, 0.29) is 36.3 Å². The zero-order valence-corrected chi connectivity index (χ0v) is 19.1. The molecule has 1 aliphatic rings. The largest absolute Gasteiger partial charge is 0.484 e. The lowest BCUT2D eigenvalue weighted by molar-refractivity contribution is -0.153. The van der Waals surface area contributed by atoms with Gasteiger partial charge in [0.15, 0.2) is 12.6 Å². The highest BCUT2D eigenvalue weighted by molar-refractivity contribution is 14.0. The molecule has 0 saturated heterocycles. The lowest BCUT2D eigenvalue weighted by atomic mass is 10.1. The van der Waals surface area contributed by atoms with Crippen molar-refractivity contribution in [3.63, 3.8) is 0 Å². The number of hydrogen-bond acceptors (Lipinski definition) is 3. The maximum absolute atomic E-state index is 12.5. The van der Waals surface area contributed by atoms with Crippen LogP contribution in [-0.2, 0) is 11.3 Å². The molecule has 1 aromatic rings. The summed E-state index contributed by atoms with van der Waals surface area (Å²) in [7, 11) is 0. The SMILES string of the molecule is CCNC(=NCc1ccc(C)cc1OCC(F)(F)F)NCCC1=CCOCC1.I. The molecule has 5 nitrogen and oxygen atoms in total. The maximum Gasteiger partial charge on any atom is 0.422 e. The summed E-state index contributed by atoms with van der Waals surface area (Å²) >= 11 is 0. The fraction of sp³-hybridized carbons (Fsp3) is 0.550. The Morgan fingerprint density at radius 3 is 2.72 bits per heavy atom. The fourth-order valence-electron chi connectivity index (χ4n) is 2.73. The van der Waals surface area contributed by atoms with Gasteiger partial charge < -0.3 is 20.1 Å². The van der Waals surface area contributed by atoms with Gasteiger partial charge in [0.2, 0.25) is 0 Å². The summed E-state index contributed by atoms with van der Waals surface area (Å²) in [4.78, 5) is 4.49. The Bertz CT molecular complexity index is 694. The smallest absolute Gasteiger partial charge is 0.422 e. The number of nitrogens with zero attached hydrogens (tertiary/aromatic N) is 1. The molecule has 0 unspecified atom stereocenters. The van der Waals surface area contributed by atoms with Crippen LogP contribution >= 0.6 is 24.0 Å². The first-order chi connectivity index (χ1) is 13.4. The third-order valence-electron chi connectivity index (χ3n) is 4.16. The quantitative estimate of drug-likeness (QED) is 0.229. The molecule has 2 N–H and O–H groups in total. The van der Waals surface area contributed by atoms with Gasteiger partial charge in [0, 0.05) is 18.7 Å². The Kier molecular flexibility index (Phi) is 11.4. The Balaban J connectivity index is 0.00000420. The molecule has 1 aromatic carbocycles. The summed E-state index contributed by atoms with van der Waals surface area (Å²) in [6.07, 6.45) is -0.428. The molecule has 1 heterocycles. The monoisotopic (exact) mass is 527 g/mol. The molecule has 0 aromatic heterocycles. The van der Waals surface area contributed by atoms with E-state index in [9.17, 15) is 13.2 Å². The van der Waals surface area contributed by atoms with E-state index in [2.05, 4.69) is 21.7 Å². The number of benzene rings is 1. The lowest BCUT2D eigenvalue weighted by Gasteiger charge is -2.16. The predicted molar refractivity (Wildman–Crippen MR) is 119 cm³/mol. The van der Waals surface area contributed by atoms with Gasteiger partial charge in [-0.3, -0.25) is 0 Å². The minimum atomic E-state index is -4.38. The Hall–Kier alpha value is -1.49. The molecule has 2 rings (SSSR count). The van der Waals surface area contributed by atoms with Crippen LogP contribution in [0.4, 0.5) is 13.2 Å². The molecule has 9 heteroatoms. The molecule has 0 amide bonds. The van der Waals surface area contributed by atoms with E-state index >= 15 is 0 Å². The number of aryl methyl sites for hydroxylation is 1. The highest BCUT2D eigenvalue weighted by atomic mass is 127. The van der Waals surface area contributed by atoms with E-state index in [4.69, 9.17) is 9.47 Å². The standard InChI is InChI=1S/C20H28F3N3O2.HI/c1-3-24-19(25-9-6-16-7-10-27-11-8-16)26-13-17-5-4-15(2)12-18(17)28-14-20(21,22)23;/h4-5,7,12H,3,6,8-11,13-14H2,1-2H3,(H2,24,25,26);1H. The van der Waals surface area contributed by atoms with E-state index < -0.39 is 12.8 Å². The second-order valence-corrected chi connectivity index (χ2v) is 6.57. The van der Waals surface area contributed by atoms with Gasteiger partial charge in [-0.2, -0.15) is 13.2 Å². The van der Waals surface area contributed by atoms with Gasteiger partial charge in [-0.05, 0) is 38.3 Å². The lowest BCUT2D eigenvalue weighted by Crippen LogP contribution is -2.38. The first-order valence-electron chi connectivity index (χ1n) is 9.44. The number of guanidine groups is 1. The molecule has 0 bridgehead atoms. The van der Waals surface area contributed by atoms with Crippen molar-refractivity contribution >= 4 is 29.9 Å². The summed E-state index contributed by atoms with van der Waals surface area (Å²) in [6, 6.07) is 5.19. The number of nitrogens with one attached hydrogen (secondary N) is 2. The Morgan fingerprint density at radius 1 is 1.28 bits per heavy atom. The molecule has 1 aliphatic heterocycles. The van der Waals surface area contributed by atoms with E-state index in [0.29, 0.717) is 24.7 Å². The molecule has 0 spiro atoms. The Labute approximate surface area is 187 Å². The molecule has 0 aliphatic carbocycles. The van der Waals surface area contributed by atoms with Crippen LogP contribution in [0.3, 0.4) is 0 Å². The van der Waals surface area contributed by atoms with Crippen LogP contribution in [0.1, 0.15) is 30.9 Å². The van der Waals surface area contributed by atoms with E-state index in [0.717, 1.165) is 31.6 Å². The van der Waals surface area contributed by atoms with Crippen molar-refractivity contribution in [2.24, 2.45) is 4.99 Å². The van der Waals surface area contributed by atoms with Gasteiger partial charge >= 0.3 is 6.18 Å². The van der Waals surface area contributed by atoms with Crippen LogP contribution in [0.5, 0.6) is 5.75 Å². The normalized spacial score (nSPS) is 14.7. The van der Waals surface area contributed by atoms with Crippen LogP contribution in [0.25, 0.3) is 0 Å². The first kappa shape index (κ1) is 25.5. The number of alkyl halides is 3. The summed E-state index contributed by atoms with van der Waals surface area (Å²) in [5.41, 5.74) is 2.80. The average molecular weight is 527 g/mol. The van der Waals surface area contributed by atoms with Gasteiger partial charge in [-0.25, -0.2) is 4.99 Å². The number of ether oxygens (including phenoxy) is 2. The summed E-state index contributed by atoms with van der Waals surface area (Å²) in [5.74, 6) is 0.835. The fourth-order valence-corrected chi connectivity index (χ4v) is 2.73. The molecule has 0 radical (unpaired) electrons. The minimum Gasteiger partial charge on any atom is -0.484 e. The average Bonchev–Trinajstić information content (AvgIpc) is 2.65. The van der Waals surface area contributed by atoms with Crippen molar-refractivity contribution in [3.8, 4) is 5.75 Å². The van der Waals surface area contributed by atoms with Crippen molar-refractivity contribution in [1.29, 1.82) is 0 Å². The third kappa shape index (κ3) is 10.2. The van der Waals surface area contributed by atoms with Gasteiger partial charge in [0.1, 0.15) is 5.75 Å². The van der Waals surface area contributed by atoms with Crippen molar-refractivity contribution in [2.75, 3.05) is 32.9 Å². The van der Waals surface area contributed by atoms with Crippen LogP contribution in [0.15, 0.2) is 34.8 Å². The van der Waals surface area contributed by atoms with Crippen LogP contribution < -0.4 is 15.4 Å². The van der Waals surface area contributed by atoms with E-state index in [1.54, 1.807) is 12.1 Å². The highest BCUT2D eigenvalue weighted by Crippen LogP contribution is 2.24. The molecule has 0 atom stereocenters. The third-order valence-corrected chi connectivity index (χ3v) is 4.16. The van der Waals surface area contributed by atoms with Gasteiger partial charge in [-0.15, -0.1) is 24.0 Å². The molecular weight excluding hydrogens is 498 g/mol. The molecule has 0 fully saturated rings. The zero-order chi connectivity index (χ0) is 20.4.